The van der Waals surface area contributed by atoms with Crippen LogP contribution in [-0.4, -0.2) is 31.1 Å². The molecule has 0 aliphatic carbocycles. The number of nitrogens with one attached hydrogen (secondary N) is 1. The first kappa shape index (κ1) is 18.5. The van der Waals surface area contributed by atoms with Gasteiger partial charge in [-0.2, -0.15) is 0 Å². The van der Waals surface area contributed by atoms with Crippen molar-refractivity contribution in [3.8, 4) is 22.7 Å². The van der Waals surface area contributed by atoms with Crippen molar-refractivity contribution < 1.29 is 13.6 Å². The minimum Gasteiger partial charge on any atom is -0.441 e. The Kier molecular flexibility index (Phi) is 5.10. The zero-order chi connectivity index (χ0) is 20.2. The Balaban J connectivity index is 1.36. The molecule has 1 N–H and O–H groups in total. The summed E-state index contributed by atoms with van der Waals surface area (Å²) in [4.78, 5) is 16.5. The number of oxazole rings is 1. The molecule has 1 amide bonds. The van der Waals surface area contributed by atoms with Crippen LogP contribution in [0.4, 0.5) is 10.1 Å². The molecular formula is C20H17FN6O2. The Labute approximate surface area is 165 Å². The molecule has 2 aromatic heterocycles. The molecule has 0 saturated heterocycles. The van der Waals surface area contributed by atoms with Gasteiger partial charge in [0.25, 0.3) is 0 Å². The zero-order valence-corrected chi connectivity index (χ0v) is 15.5. The summed E-state index contributed by atoms with van der Waals surface area (Å²) in [5.74, 6) is 1.10. The highest BCUT2D eigenvalue weighted by Gasteiger charge is 2.11. The second kappa shape index (κ2) is 8.01. The average Bonchev–Trinajstić information content (AvgIpc) is 3.36. The van der Waals surface area contributed by atoms with E-state index in [1.54, 1.807) is 42.2 Å². The van der Waals surface area contributed by atoms with Crippen LogP contribution in [0.5, 0.6) is 0 Å². The Morgan fingerprint density at radius 3 is 2.76 bits per heavy atom. The highest BCUT2D eigenvalue weighted by molar-refractivity contribution is 5.91. The number of carbonyl (C=O) groups excluding carboxylic acids is 1. The smallest absolute Gasteiger partial charge is 0.224 e. The maximum absolute atomic E-state index is 13.0. The number of carbonyl (C=O) groups is 1. The van der Waals surface area contributed by atoms with E-state index in [-0.39, 0.29) is 18.1 Å². The van der Waals surface area contributed by atoms with Crippen LogP contribution in [0.25, 0.3) is 22.7 Å². The standard InChI is InChI=1S/C20H17FN6O2/c1-27-20(24-25-26-27)14-3-2-4-16(11-14)23-18(28)9-10-19-22-12-17(29-19)13-5-7-15(21)8-6-13/h2-8,11-12H,9-10H2,1H3,(H,23,28). The van der Waals surface area contributed by atoms with E-state index < -0.39 is 0 Å². The first-order valence-electron chi connectivity index (χ1n) is 8.92. The predicted molar refractivity (Wildman–Crippen MR) is 103 cm³/mol. The number of rotatable bonds is 6. The molecule has 8 nitrogen and oxygen atoms in total. The first-order chi connectivity index (χ1) is 14.1. The van der Waals surface area contributed by atoms with Gasteiger partial charge in [0.15, 0.2) is 17.5 Å². The molecule has 0 radical (unpaired) electrons. The predicted octanol–water partition coefficient (Wildman–Crippen LogP) is 3.24. The van der Waals surface area contributed by atoms with Gasteiger partial charge >= 0.3 is 0 Å². The number of tetrazole rings is 1. The average molecular weight is 392 g/mol. The molecule has 0 bridgehead atoms. The molecule has 146 valence electrons. The van der Waals surface area contributed by atoms with Crippen LogP contribution in [0.1, 0.15) is 12.3 Å². The SMILES string of the molecule is Cn1nnnc1-c1cccc(NC(=O)CCc2ncc(-c3ccc(F)cc3)o2)c1. The lowest BCUT2D eigenvalue weighted by atomic mass is 10.2. The third kappa shape index (κ3) is 4.34. The number of hydrogen-bond donors (Lipinski definition) is 1. The summed E-state index contributed by atoms with van der Waals surface area (Å²) in [5.41, 5.74) is 2.17. The molecule has 0 fully saturated rings. The molecule has 29 heavy (non-hydrogen) atoms. The van der Waals surface area contributed by atoms with Crippen molar-refractivity contribution in [3.05, 3.63) is 66.4 Å². The summed E-state index contributed by atoms with van der Waals surface area (Å²) in [7, 11) is 1.75. The van der Waals surface area contributed by atoms with E-state index >= 15 is 0 Å². The third-order valence-electron chi connectivity index (χ3n) is 4.27. The lowest BCUT2D eigenvalue weighted by Gasteiger charge is -2.06. The van der Waals surface area contributed by atoms with Crippen molar-refractivity contribution in [3.63, 3.8) is 0 Å². The first-order valence-corrected chi connectivity index (χ1v) is 8.92. The molecule has 2 heterocycles. The van der Waals surface area contributed by atoms with Gasteiger partial charge in [-0.05, 0) is 46.8 Å². The third-order valence-corrected chi connectivity index (χ3v) is 4.27. The van der Waals surface area contributed by atoms with E-state index in [9.17, 15) is 9.18 Å². The van der Waals surface area contributed by atoms with Gasteiger partial charge in [0.05, 0.1) is 6.20 Å². The van der Waals surface area contributed by atoms with Gasteiger partial charge in [-0.1, -0.05) is 12.1 Å². The van der Waals surface area contributed by atoms with Crippen molar-refractivity contribution in [1.29, 1.82) is 0 Å². The second-order valence-electron chi connectivity index (χ2n) is 6.38. The quantitative estimate of drug-likeness (QED) is 0.541. The van der Waals surface area contributed by atoms with Gasteiger partial charge in [0.1, 0.15) is 5.82 Å². The van der Waals surface area contributed by atoms with E-state index in [0.29, 0.717) is 29.6 Å². The van der Waals surface area contributed by atoms with E-state index in [1.165, 1.54) is 12.1 Å². The van der Waals surface area contributed by atoms with Gasteiger partial charge in [0, 0.05) is 36.7 Å². The minimum absolute atomic E-state index is 0.167. The summed E-state index contributed by atoms with van der Waals surface area (Å²) in [6, 6.07) is 13.2. The molecule has 0 atom stereocenters. The van der Waals surface area contributed by atoms with Crippen molar-refractivity contribution in [2.45, 2.75) is 12.8 Å². The van der Waals surface area contributed by atoms with Gasteiger partial charge < -0.3 is 9.73 Å². The molecule has 2 aromatic carbocycles. The minimum atomic E-state index is -0.315. The van der Waals surface area contributed by atoms with Gasteiger partial charge in [0.2, 0.25) is 5.91 Å². The molecule has 0 unspecified atom stereocenters. The van der Waals surface area contributed by atoms with Crippen molar-refractivity contribution in [2.75, 3.05) is 5.32 Å². The number of nitrogens with zero attached hydrogens (tertiary/aromatic N) is 5. The highest BCUT2D eigenvalue weighted by Crippen LogP contribution is 2.22. The number of anilines is 1. The molecule has 9 heteroatoms. The lowest BCUT2D eigenvalue weighted by molar-refractivity contribution is -0.116. The van der Waals surface area contributed by atoms with Gasteiger partial charge in [-0.15, -0.1) is 5.10 Å². The van der Waals surface area contributed by atoms with E-state index in [1.807, 2.05) is 12.1 Å². The Morgan fingerprint density at radius 1 is 1.17 bits per heavy atom. The molecule has 0 spiro atoms. The van der Waals surface area contributed by atoms with E-state index in [0.717, 1.165) is 11.1 Å². The molecule has 4 aromatic rings. The maximum atomic E-state index is 13.0. The maximum Gasteiger partial charge on any atom is 0.224 e. The van der Waals surface area contributed by atoms with Crippen molar-refractivity contribution in [1.82, 2.24) is 25.2 Å². The monoisotopic (exact) mass is 392 g/mol. The molecule has 0 saturated carbocycles. The molecule has 4 rings (SSSR count). The van der Waals surface area contributed by atoms with E-state index in [4.69, 9.17) is 4.42 Å². The number of benzene rings is 2. The normalized spacial score (nSPS) is 10.8. The van der Waals surface area contributed by atoms with Crippen LogP contribution in [0.3, 0.4) is 0 Å². The van der Waals surface area contributed by atoms with Gasteiger partial charge in [-0.3, -0.25) is 4.79 Å². The number of hydrogen-bond acceptors (Lipinski definition) is 6. The van der Waals surface area contributed by atoms with Crippen LogP contribution < -0.4 is 5.32 Å². The summed E-state index contributed by atoms with van der Waals surface area (Å²) in [6.07, 6.45) is 2.12. The Morgan fingerprint density at radius 2 is 2.00 bits per heavy atom. The van der Waals surface area contributed by atoms with Crippen LogP contribution in [-0.2, 0) is 18.3 Å². The summed E-state index contributed by atoms with van der Waals surface area (Å²) < 4.78 is 20.2. The highest BCUT2D eigenvalue weighted by atomic mass is 19.1. The fraction of sp³-hybridized carbons (Fsp3) is 0.150. The number of aryl methyl sites for hydroxylation is 2. The fourth-order valence-electron chi connectivity index (χ4n) is 2.83. The summed E-state index contributed by atoms with van der Waals surface area (Å²) in [6.45, 7) is 0. The fourth-order valence-corrected chi connectivity index (χ4v) is 2.83. The van der Waals surface area contributed by atoms with Gasteiger partial charge in [-0.25, -0.2) is 14.1 Å². The molecular weight excluding hydrogens is 375 g/mol. The van der Waals surface area contributed by atoms with Crippen LogP contribution >= 0.6 is 0 Å². The van der Waals surface area contributed by atoms with Crippen LogP contribution in [0, 0.1) is 5.82 Å². The lowest BCUT2D eigenvalue weighted by Crippen LogP contribution is -2.12. The van der Waals surface area contributed by atoms with Crippen LogP contribution in [0.15, 0.2) is 59.1 Å². The Bertz CT molecular complexity index is 1140. The molecule has 0 aliphatic rings. The number of amides is 1. The summed E-state index contributed by atoms with van der Waals surface area (Å²) >= 11 is 0. The number of halogens is 1. The largest absolute Gasteiger partial charge is 0.441 e. The number of aromatic nitrogens is 5. The van der Waals surface area contributed by atoms with Crippen LogP contribution in [0.2, 0.25) is 0 Å². The second-order valence-corrected chi connectivity index (χ2v) is 6.38. The summed E-state index contributed by atoms with van der Waals surface area (Å²) in [5, 5.41) is 14.2. The van der Waals surface area contributed by atoms with Crippen molar-refractivity contribution in [2.24, 2.45) is 7.05 Å². The van der Waals surface area contributed by atoms with Crippen molar-refractivity contribution >= 4 is 11.6 Å². The topological polar surface area (TPSA) is 98.7 Å². The zero-order valence-electron chi connectivity index (χ0n) is 15.5. The van der Waals surface area contributed by atoms with E-state index in [2.05, 4.69) is 25.8 Å². The Hall–Kier alpha value is -3.88. The molecule has 0 aliphatic heterocycles.